The van der Waals surface area contributed by atoms with Crippen molar-refractivity contribution < 1.29 is 4.57 Å². The molecule has 9 aromatic carbocycles. The van der Waals surface area contributed by atoms with Crippen molar-refractivity contribution in [2.75, 3.05) is 0 Å². The number of aromatic nitrogens is 2. The summed E-state index contributed by atoms with van der Waals surface area (Å²) in [5.74, 6) is 0. The van der Waals surface area contributed by atoms with Crippen molar-refractivity contribution in [3.8, 4) is 22.3 Å². The minimum atomic E-state index is -3.05. The molecule has 0 radical (unpaired) electrons. The van der Waals surface area contributed by atoms with Gasteiger partial charge < -0.3 is 4.57 Å². The highest BCUT2D eigenvalue weighted by molar-refractivity contribution is 7.85. The molecule has 0 saturated heterocycles. The summed E-state index contributed by atoms with van der Waals surface area (Å²) in [7, 11) is -3.05. The fourth-order valence-corrected chi connectivity index (χ4v) is 11.1. The van der Waals surface area contributed by atoms with Gasteiger partial charge in [-0.25, -0.2) is 4.98 Å². The third-order valence-corrected chi connectivity index (χ3v) is 14.3. The van der Waals surface area contributed by atoms with Crippen LogP contribution in [-0.4, -0.2) is 9.38 Å². The van der Waals surface area contributed by atoms with Gasteiger partial charge in [-0.05, 0) is 79.5 Å². The molecule has 2 heterocycles. The molecule has 0 amide bonds. The number of pyridine rings is 1. The molecule has 0 bridgehead atoms. The summed E-state index contributed by atoms with van der Waals surface area (Å²) in [5, 5.41) is 10.9. The highest BCUT2D eigenvalue weighted by Gasteiger charge is 2.29. The van der Waals surface area contributed by atoms with Crippen LogP contribution in [-0.2, 0) is 4.57 Å². The molecule has 55 heavy (non-hydrogen) atoms. The summed E-state index contributed by atoms with van der Waals surface area (Å²) in [6.07, 6.45) is 0. The van der Waals surface area contributed by atoms with E-state index in [-0.39, 0.29) is 0 Å². The van der Waals surface area contributed by atoms with E-state index < -0.39 is 7.14 Å². The number of nitrogens with zero attached hydrogens (tertiary/aromatic N) is 2. The average Bonchev–Trinajstić information content (AvgIpc) is 3.65. The monoisotopic (exact) mass is 720 g/mol. The minimum Gasteiger partial charge on any atom is -0.309 e. The maximum Gasteiger partial charge on any atom is 0.171 e. The van der Waals surface area contributed by atoms with E-state index >= 15 is 0 Å². The molecule has 0 saturated carbocycles. The first-order chi connectivity index (χ1) is 27.1. The lowest BCUT2D eigenvalue weighted by atomic mass is 9.97. The van der Waals surface area contributed by atoms with Crippen molar-refractivity contribution >= 4 is 83.0 Å². The van der Waals surface area contributed by atoms with Crippen LogP contribution in [0.25, 0.3) is 82.2 Å². The number of hydrogen-bond donors (Lipinski definition) is 0. The normalized spacial score (nSPS) is 12.1. The summed E-state index contributed by atoms with van der Waals surface area (Å²) in [6, 6.07) is 69.7. The Morgan fingerprint density at radius 2 is 0.964 bits per heavy atom. The van der Waals surface area contributed by atoms with Crippen LogP contribution in [0.1, 0.15) is 0 Å². The molecule has 0 aliphatic carbocycles. The van der Waals surface area contributed by atoms with Gasteiger partial charge in [-0.2, -0.15) is 0 Å². The fourth-order valence-electron chi connectivity index (χ4n) is 8.50. The van der Waals surface area contributed by atoms with E-state index in [0.717, 1.165) is 60.4 Å². The van der Waals surface area contributed by atoms with Crippen LogP contribution in [0.2, 0.25) is 0 Å². The average molecular weight is 721 g/mol. The first kappa shape index (κ1) is 31.7. The lowest BCUT2D eigenvalue weighted by molar-refractivity contribution is 0.592. The molecular formula is C51H33N2OP. The van der Waals surface area contributed by atoms with Gasteiger partial charge in [0, 0.05) is 26.7 Å². The molecule has 0 fully saturated rings. The van der Waals surface area contributed by atoms with E-state index in [2.05, 4.69) is 132 Å². The van der Waals surface area contributed by atoms with Crippen LogP contribution in [0, 0.1) is 0 Å². The molecule has 4 heteroatoms. The largest absolute Gasteiger partial charge is 0.309 e. The Morgan fingerprint density at radius 1 is 0.382 bits per heavy atom. The first-order valence-electron chi connectivity index (χ1n) is 18.6. The molecular weight excluding hydrogens is 688 g/mol. The maximum absolute atomic E-state index is 15.0. The molecule has 11 rings (SSSR count). The van der Waals surface area contributed by atoms with Crippen LogP contribution in [0.15, 0.2) is 200 Å². The highest BCUT2D eigenvalue weighted by Crippen LogP contribution is 2.43. The summed E-state index contributed by atoms with van der Waals surface area (Å²) < 4.78 is 17.3. The first-order valence-corrected chi connectivity index (χ1v) is 20.4. The summed E-state index contributed by atoms with van der Waals surface area (Å²) in [4.78, 5) is 5.34. The zero-order valence-corrected chi connectivity index (χ0v) is 30.7. The molecule has 0 atom stereocenters. The Morgan fingerprint density at radius 3 is 1.69 bits per heavy atom. The van der Waals surface area contributed by atoms with Crippen molar-refractivity contribution in [1.82, 2.24) is 9.38 Å². The Labute approximate surface area is 318 Å². The van der Waals surface area contributed by atoms with Gasteiger partial charge in [0.1, 0.15) is 5.65 Å². The smallest absolute Gasteiger partial charge is 0.171 e. The van der Waals surface area contributed by atoms with Gasteiger partial charge in [0.05, 0.1) is 16.6 Å². The lowest BCUT2D eigenvalue weighted by Gasteiger charge is -2.20. The Kier molecular flexibility index (Phi) is 7.14. The van der Waals surface area contributed by atoms with Gasteiger partial charge in [-0.15, -0.1) is 0 Å². The van der Waals surface area contributed by atoms with Crippen LogP contribution in [0.5, 0.6) is 0 Å². The Bertz CT molecular complexity index is 3290. The van der Waals surface area contributed by atoms with E-state index in [1.807, 2.05) is 72.8 Å². The van der Waals surface area contributed by atoms with Gasteiger partial charge >= 0.3 is 0 Å². The highest BCUT2D eigenvalue weighted by atomic mass is 31.2. The quantitative estimate of drug-likeness (QED) is 0.101. The van der Waals surface area contributed by atoms with Gasteiger partial charge in [0.2, 0.25) is 0 Å². The standard InChI is InChI=1S/C51H33N2OP/c54-55(41-17-3-1-4-18-41,42-19-5-2-6-20-42)43-26-22-34(23-27-43)36-15-11-16-37(30-36)40-25-29-47-49(33-40)53-48-32-39-14-8-7-13-38(39)31-46(48)45-28-24-35-12-9-10-21-44(35)50(45)51(53)52-47/h1-33H. The van der Waals surface area contributed by atoms with Crippen LogP contribution < -0.4 is 15.9 Å². The molecule has 0 unspecified atom stereocenters. The predicted octanol–water partition coefficient (Wildman–Crippen LogP) is 12.1. The van der Waals surface area contributed by atoms with Crippen molar-refractivity contribution in [3.63, 3.8) is 0 Å². The van der Waals surface area contributed by atoms with E-state index in [1.165, 1.54) is 37.7 Å². The molecule has 11 aromatic rings. The third-order valence-electron chi connectivity index (χ3n) is 11.2. The van der Waals surface area contributed by atoms with Gasteiger partial charge in [-0.1, -0.05) is 170 Å². The van der Waals surface area contributed by atoms with Crippen LogP contribution >= 0.6 is 7.14 Å². The van der Waals surface area contributed by atoms with Gasteiger partial charge in [0.25, 0.3) is 0 Å². The van der Waals surface area contributed by atoms with E-state index in [0.29, 0.717) is 0 Å². The Hall–Kier alpha value is -6.80. The molecule has 0 aliphatic heterocycles. The Balaban J connectivity index is 1.06. The SMILES string of the molecule is O=P(c1ccccc1)(c1ccccc1)c1ccc(-c2cccc(-c3ccc4nc5c6c7ccccc7ccc6c6cc7ccccc7cc6n5c4c3)c2)cc1. The predicted molar refractivity (Wildman–Crippen MR) is 233 cm³/mol. The summed E-state index contributed by atoms with van der Waals surface area (Å²) in [5.41, 5.74) is 8.58. The minimum absolute atomic E-state index is 0.822. The number of fused-ring (bicyclic) bond motifs is 11. The number of hydrogen-bond acceptors (Lipinski definition) is 2. The molecule has 2 aromatic heterocycles. The fraction of sp³-hybridized carbons (Fsp3) is 0. The lowest BCUT2D eigenvalue weighted by Crippen LogP contribution is -2.24. The second-order valence-electron chi connectivity index (χ2n) is 14.3. The van der Waals surface area contributed by atoms with E-state index in [9.17, 15) is 4.57 Å². The molecule has 0 N–H and O–H groups in total. The summed E-state index contributed by atoms with van der Waals surface area (Å²) >= 11 is 0. The molecule has 0 aliphatic rings. The maximum atomic E-state index is 15.0. The molecule has 3 nitrogen and oxygen atoms in total. The van der Waals surface area contributed by atoms with Crippen molar-refractivity contribution in [2.24, 2.45) is 0 Å². The second-order valence-corrected chi connectivity index (χ2v) is 17.1. The zero-order chi connectivity index (χ0) is 36.5. The van der Waals surface area contributed by atoms with Gasteiger partial charge in [0.15, 0.2) is 7.14 Å². The number of imidazole rings is 1. The van der Waals surface area contributed by atoms with Crippen molar-refractivity contribution in [2.45, 2.75) is 0 Å². The van der Waals surface area contributed by atoms with Crippen molar-refractivity contribution in [3.05, 3.63) is 200 Å². The van der Waals surface area contributed by atoms with Crippen LogP contribution in [0.4, 0.5) is 0 Å². The molecule has 0 spiro atoms. The second kappa shape index (κ2) is 12.4. The zero-order valence-electron chi connectivity index (χ0n) is 29.8. The topological polar surface area (TPSA) is 34.4 Å². The number of benzene rings is 9. The van der Waals surface area contributed by atoms with Crippen molar-refractivity contribution in [1.29, 1.82) is 0 Å². The molecule has 258 valence electrons. The van der Waals surface area contributed by atoms with E-state index in [1.54, 1.807) is 0 Å². The third kappa shape index (κ3) is 4.98. The number of rotatable bonds is 5. The summed E-state index contributed by atoms with van der Waals surface area (Å²) in [6.45, 7) is 0. The van der Waals surface area contributed by atoms with Gasteiger partial charge in [-0.3, -0.25) is 4.40 Å². The van der Waals surface area contributed by atoms with E-state index in [4.69, 9.17) is 4.98 Å². The van der Waals surface area contributed by atoms with Crippen LogP contribution in [0.3, 0.4) is 0 Å².